The van der Waals surface area contributed by atoms with Crippen LogP contribution in [-0.2, 0) is 24.7 Å². The van der Waals surface area contributed by atoms with Gasteiger partial charge >= 0.3 is 11.9 Å². The second kappa shape index (κ2) is 5.79. The van der Waals surface area contributed by atoms with Crippen LogP contribution in [0.3, 0.4) is 0 Å². The lowest BCUT2D eigenvalue weighted by Crippen LogP contribution is -2.52. The highest BCUT2D eigenvalue weighted by Gasteiger charge is 2.80. The first kappa shape index (κ1) is 17.2. The van der Waals surface area contributed by atoms with Crippen LogP contribution >= 0.6 is 0 Å². The van der Waals surface area contributed by atoms with Gasteiger partial charge in [0.05, 0.1) is 0 Å². The summed E-state index contributed by atoms with van der Waals surface area (Å²) < 4.78 is 25.9. The van der Waals surface area contributed by atoms with Crippen molar-refractivity contribution in [2.24, 2.45) is 10.8 Å². The Morgan fingerprint density at radius 1 is 0.815 bits per heavy atom. The van der Waals surface area contributed by atoms with Gasteiger partial charge in [0.25, 0.3) is 0 Å². The van der Waals surface area contributed by atoms with Crippen molar-refractivity contribution in [1.82, 2.24) is 0 Å². The van der Waals surface area contributed by atoms with Gasteiger partial charge in [0.15, 0.2) is 11.7 Å². The number of ether oxygens (including phenoxy) is 2. The van der Waals surface area contributed by atoms with E-state index >= 15 is 0 Å². The number of esters is 2. The minimum absolute atomic E-state index is 0.228. The van der Waals surface area contributed by atoms with E-state index in [0.29, 0.717) is 31.2 Å². The Morgan fingerprint density at radius 3 is 2.04 bits per heavy atom. The van der Waals surface area contributed by atoms with Crippen molar-refractivity contribution in [3.63, 3.8) is 0 Å². The molecule has 0 radical (unpaired) electrons. The summed E-state index contributed by atoms with van der Waals surface area (Å²) in [6.45, 7) is 0. The van der Waals surface area contributed by atoms with Gasteiger partial charge in [0.1, 0.15) is 16.6 Å². The summed E-state index contributed by atoms with van der Waals surface area (Å²) in [6, 6.07) is 6.13. The highest BCUT2D eigenvalue weighted by Crippen LogP contribution is 2.68. The maximum Gasteiger partial charge on any atom is 0.317 e. The van der Waals surface area contributed by atoms with Crippen LogP contribution in [0.15, 0.2) is 24.3 Å². The molecule has 27 heavy (non-hydrogen) atoms. The number of benzene rings is 1. The number of hydrogen-bond acceptors (Lipinski definition) is 4. The van der Waals surface area contributed by atoms with Crippen LogP contribution in [-0.4, -0.2) is 18.0 Å². The molecule has 0 aromatic heterocycles. The Bertz CT molecular complexity index is 772. The van der Waals surface area contributed by atoms with Gasteiger partial charge in [-0.05, 0) is 37.8 Å². The minimum Gasteiger partial charge on any atom is -0.456 e. The molecule has 2 atom stereocenters. The largest absolute Gasteiger partial charge is 0.456 e. The van der Waals surface area contributed by atoms with Gasteiger partial charge in [-0.1, -0.05) is 50.7 Å². The second-order valence-electron chi connectivity index (χ2n) is 8.78. The van der Waals surface area contributed by atoms with E-state index in [2.05, 4.69) is 0 Å². The van der Waals surface area contributed by atoms with Crippen LogP contribution in [0, 0.1) is 16.6 Å². The van der Waals surface area contributed by atoms with Crippen LogP contribution in [0.25, 0.3) is 0 Å². The van der Waals surface area contributed by atoms with Gasteiger partial charge < -0.3 is 9.47 Å². The summed E-state index contributed by atoms with van der Waals surface area (Å²) >= 11 is 0. The third-order valence-corrected chi connectivity index (χ3v) is 7.58. The Kier molecular flexibility index (Phi) is 3.69. The van der Waals surface area contributed by atoms with E-state index < -0.39 is 22.5 Å². The lowest BCUT2D eigenvalue weighted by atomic mass is 9.57. The van der Waals surface area contributed by atoms with Gasteiger partial charge in [-0.15, -0.1) is 0 Å². The first-order valence-electron chi connectivity index (χ1n) is 10.3. The van der Waals surface area contributed by atoms with Crippen molar-refractivity contribution >= 4 is 11.9 Å². The average Bonchev–Trinajstić information content (AvgIpc) is 3.06. The summed E-state index contributed by atoms with van der Waals surface area (Å²) in [5.41, 5.74) is -2.00. The number of halogens is 1. The quantitative estimate of drug-likeness (QED) is 0.686. The molecular weight excluding hydrogens is 347 g/mol. The fourth-order valence-corrected chi connectivity index (χ4v) is 6.28. The van der Waals surface area contributed by atoms with Crippen molar-refractivity contribution in [2.45, 2.75) is 75.9 Å². The van der Waals surface area contributed by atoms with Gasteiger partial charge in [-0.25, -0.2) is 4.39 Å². The average molecular weight is 372 g/mol. The molecule has 4 aliphatic rings. The summed E-state index contributed by atoms with van der Waals surface area (Å²) in [4.78, 5) is 26.5. The standard InChI is InChI=1S/C22H25FO4/c23-16-9-7-15(8-10-16)22-17(20(18(24)27-22)11-3-1-4-12-20)26-19(25)21(22)13-5-2-6-14-21/h7-10,17H,1-6,11-14H2/t17-,22+/m0/s1. The van der Waals surface area contributed by atoms with E-state index in [1.165, 1.54) is 12.1 Å². The van der Waals surface area contributed by atoms with Crippen molar-refractivity contribution < 1.29 is 23.5 Å². The first-order valence-corrected chi connectivity index (χ1v) is 10.3. The zero-order chi connectivity index (χ0) is 18.7. The zero-order valence-electron chi connectivity index (χ0n) is 15.5. The Hall–Kier alpha value is -1.91. The van der Waals surface area contributed by atoms with Gasteiger partial charge in [0.2, 0.25) is 0 Å². The first-order chi connectivity index (χ1) is 13.1. The zero-order valence-corrected chi connectivity index (χ0v) is 15.5. The SMILES string of the molecule is O=C1O[C@]2(c3ccc(F)cc3)[C@@H](OC(=O)C23CCCCC3)C12CCCCC2. The number of carbonyl (C=O) groups is 2. The highest BCUT2D eigenvalue weighted by molar-refractivity contribution is 5.90. The van der Waals surface area contributed by atoms with Crippen molar-refractivity contribution in [3.8, 4) is 0 Å². The molecule has 2 spiro atoms. The fraction of sp³-hybridized carbons (Fsp3) is 0.636. The Labute approximate surface area is 158 Å². The van der Waals surface area contributed by atoms with E-state index in [1.807, 2.05) is 0 Å². The second-order valence-corrected chi connectivity index (χ2v) is 8.78. The normalized spacial score (nSPS) is 33.7. The molecule has 1 aromatic carbocycles. The smallest absolute Gasteiger partial charge is 0.317 e. The minimum atomic E-state index is -1.12. The molecule has 2 aliphatic heterocycles. The molecule has 0 unspecified atom stereocenters. The third-order valence-electron chi connectivity index (χ3n) is 7.58. The topological polar surface area (TPSA) is 52.6 Å². The van der Waals surface area contributed by atoms with Gasteiger partial charge in [0, 0.05) is 5.56 Å². The molecule has 5 rings (SSSR count). The molecule has 2 heterocycles. The van der Waals surface area contributed by atoms with Crippen molar-refractivity contribution in [2.75, 3.05) is 0 Å². The molecule has 0 N–H and O–H groups in total. The van der Waals surface area contributed by atoms with E-state index in [4.69, 9.17) is 9.47 Å². The molecule has 5 heteroatoms. The summed E-state index contributed by atoms with van der Waals surface area (Å²) in [7, 11) is 0. The van der Waals surface area contributed by atoms with Gasteiger partial charge in [-0.3, -0.25) is 9.59 Å². The maximum atomic E-state index is 13.6. The van der Waals surface area contributed by atoms with Crippen LogP contribution < -0.4 is 0 Å². The van der Waals surface area contributed by atoms with Crippen LogP contribution in [0.4, 0.5) is 4.39 Å². The fourth-order valence-electron chi connectivity index (χ4n) is 6.28. The molecule has 0 bridgehead atoms. The van der Waals surface area contributed by atoms with E-state index in [-0.39, 0.29) is 17.8 Å². The van der Waals surface area contributed by atoms with Crippen molar-refractivity contribution in [3.05, 3.63) is 35.6 Å². The Morgan fingerprint density at radius 2 is 1.41 bits per heavy atom. The molecule has 2 saturated carbocycles. The summed E-state index contributed by atoms with van der Waals surface area (Å²) in [6.07, 6.45) is 7.96. The van der Waals surface area contributed by atoms with Gasteiger partial charge in [-0.2, -0.15) is 0 Å². The number of carbonyl (C=O) groups excluding carboxylic acids is 2. The van der Waals surface area contributed by atoms with Crippen LogP contribution in [0.2, 0.25) is 0 Å². The molecular formula is C22H25FO4. The predicted molar refractivity (Wildman–Crippen MR) is 95.1 cm³/mol. The molecule has 2 saturated heterocycles. The summed E-state index contributed by atoms with van der Waals surface area (Å²) in [5, 5.41) is 0. The van der Waals surface area contributed by atoms with Crippen LogP contribution in [0.5, 0.6) is 0 Å². The molecule has 2 aliphatic carbocycles. The molecule has 4 nitrogen and oxygen atoms in total. The van der Waals surface area contributed by atoms with E-state index in [0.717, 1.165) is 38.5 Å². The maximum absolute atomic E-state index is 13.6. The van der Waals surface area contributed by atoms with E-state index in [1.54, 1.807) is 12.1 Å². The van der Waals surface area contributed by atoms with Crippen molar-refractivity contribution in [1.29, 1.82) is 0 Å². The van der Waals surface area contributed by atoms with E-state index in [9.17, 15) is 14.0 Å². The highest BCUT2D eigenvalue weighted by atomic mass is 19.1. The molecule has 4 fully saturated rings. The number of rotatable bonds is 1. The Balaban J connectivity index is 1.72. The molecule has 144 valence electrons. The molecule has 1 aromatic rings. The summed E-state index contributed by atoms with van der Waals surface area (Å²) in [5.74, 6) is -0.797. The van der Waals surface area contributed by atoms with Crippen LogP contribution in [0.1, 0.15) is 69.8 Å². The predicted octanol–water partition coefficient (Wildman–Crippen LogP) is 4.40. The molecule has 0 amide bonds. The number of fused-ring (bicyclic) bond motifs is 3. The lowest BCUT2D eigenvalue weighted by molar-refractivity contribution is -0.173. The monoisotopic (exact) mass is 372 g/mol. The number of hydrogen-bond donors (Lipinski definition) is 0. The third kappa shape index (κ3) is 2.03. The lowest BCUT2D eigenvalue weighted by Gasteiger charge is -2.43.